The van der Waals surface area contributed by atoms with Gasteiger partial charge in [-0.2, -0.15) is 23.5 Å². The molecule has 0 saturated heterocycles. The molecule has 0 bridgehead atoms. The van der Waals surface area contributed by atoms with Gasteiger partial charge in [-0.15, -0.1) is 4.91 Å². The first-order valence-corrected chi connectivity index (χ1v) is 5.84. The molecule has 0 atom stereocenters. The maximum absolute atomic E-state index is 13.0. The minimum atomic E-state index is -4.73. The van der Waals surface area contributed by atoms with E-state index in [-0.39, 0.29) is 12.2 Å². The average Bonchev–Trinajstić information content (AvgIpc) is 2.75. The zero-order chi connectivity index (χ0) is 15.6. The molecule has 0 saturated carbocycles. The molecule has 0 aliphatic rings. The van der Waals surface area contributed by atoms with Crippen LogP contribution in [0.5, 0.6) is 0 Å². The molecule has 2 rings (SSSR count). The molecule has 1 heterocycles. The highest BCUT2D eigenvalue weighted by atomic mass is 19.4. The van der Waals surface area contributed by atoms with Crippen LogP contribution in [0.4, 0.5) is 18.9 Å². The summed E-state index contributed by atoms with van der Waals surface area (Å²) >= 11 is 0. The quantitative estimate of drug-likeness (QED) is 0.813. The molecule has 108 valence electrons. The fourth-order valence-corrected chi connectivity index (χ4v) is 1.93. The van der Waals surface area contributed by atoms with E-state index in [0.717, 1.165) is 0 Å². The second-order valence-corrected chi connectivity index (χ2v) is 4.34. The van der Waals surface area contributed by atoms with Gasteiger partial charge in [-0.1, -0.05) is 12.1 Å². The molecule has 1 aromatic carbocycles. The number of rotatable bonds is 3. The Kier molecular flexibility index (Phi) is 3.76. The van der Waals surface area contributed by atoms with Gasteiger partial charge in [0.1, 0.15) is 0 Å². The van der Waals surface area contributed by atoms with E-state index in [1.807, 2.05) is 6.07 Å². The smallest absolute Gasteiger partial charge is 0.254 e. The van der Waals surface area contributed by atoms with Gasteiger partial charge in [0.05, 0.1) is 23.9 Å². The van der Waals surface area contributed by atoms with Gasteiger partial charge in [-0.05, 0) is 29.8 Å². The second-order valence-electron chi connectivity index (χ2n) is 4.34. The van der Waals surface area contributed by atoms with Gasteiger partial charge in [0, 0.05) is 0 Å². The summed E-state index contributed by atoms with van der Waals surface area (Å²) in [5.41, 5.74) is -1.01. The van der Waals surface area contributed by atoms with Crippen LogP contribution >= 0.6 is 0 Å². The van der Waals surface area contributed by atoms with E-state index in [1.54, 1.807) is 0 Å². The zero-order valence-electron chi connectivity index (χ0n) is 10.8. The summed E-state index contributed by atoms with van der Waals surface area (Å²) in [5.74, 6) is 0. The fourth-order valence-electron chi connectivity index (χ4n) is 1.93. The van der Waals surface area contributed by atoms with Crippen molar-refractivity contribution in [2.45, 2.75) is 19.6 Å². The van der Waals surface area contributed by atoms with E-state index in [4.69, 9.17) is 5.26 Å². The summed E-state index contributed by atoms with van der Waals surface area (Å²) in [6.45, 7) is 1.12. The van der Waals surface area contributed by atoms with Crippen LogP contribution in [0.2, 0.25) is 0 Å². The third kappa shape index (κ3) is 2.91. The number of aromatic nitrogens is 2. The lowest BCUT2D eigenvalue weighted by Crippen LogP contribution is -2.15. The van der Waals surface area contributed by atoms with Gasteiger partial charge in [-0.3, -0.25) is 4.68 Å². The van der Waals surface area contributed by atoms with Gasteiger partial charge < -0.3 is 0 Å². The van der Waals surface area contributed by atoms with E-state index in [0.29, 0.717) is 15.8 Å². The predicted molar refractivity (Wildman–Crippen MR) is 67.7 cm³/mol. The lowest BCUT2D eigenvalue weighted by molar-refractivity contribution is -0.143. The first kappa shape index (κ1) is 14.7. The van der Waals surface area contributed by atoms with Gasteiger partial charge in [0.2, 0.25) is 0 Å². The Morgan fingerprint density at radius 2 is 1.95 bits per heavy atom. The molecule has 5 nitrogen and oxygen atoms in total. The van der Waals surface area contributed by atoms with Crippen molar-refractivity contribution in [2.75, 3.05) is 0 Å². The van der Waals surface area contributed by atoms with Crippen molar-refractivity contribution in [3.05, 3.63) is 51.7 Å². The topological polar surface area (TPSA) is 71.0 Å². The average molecular weight is 294 g/mol. The number of nitrogens with zero attached hydrogens (tertiary/aromatic N) is 4. The van der Waals surface area contributed by atoms with Crippen molar-refractivity contribution in [3.63, 3.8) is 0 Å². The molecule has 0 unspecified atom stereocenters. The minimum Gasteiger partial charge on any atom is -0.254 e. The first-order valence-electron chi connectivity index (χ1n) is 5.84. The molecule has 0 fully saturated rings. The lowest BCUT2D eigenvalue weighted by Gasteiger charge is -2.10. The molecular formula is C13H9F3N4O. The van der Waals surface area contributed by atoms with Crippen molar-refractivity contribution in [3.8, 4) is 6.07 Å². The molecule has 21 heavy (non-hydrogen) atoms. The SMILES string of the molecule is Cc1nn(Cc2ccc(C#N)cc2)c(C(F)(F)F)c1N=O. The Bertz CT molecular complexity index is 711. The normalized spacial score (nSPS) is 11.2. The third-order valence-electron chi connectivity index (χ3n) is 2.87. The largest absolute Gasteiger partial charge is 0.435 e. The van der Waals surface area contributed by atoms with Crippen LogP contribution in [-0.4, -0.2) is 9.78 Å². The predicted octanol–water partition coefficient (Wildman–Crippen LogP) is 3.53. The van der Waals surface area contributed by atoms with Crippen molar-refractivity contribution in [1.82, 2.24) is 9.78 Å². The molecular weight excluding hydrogens is 285 g/mol. The molecule has 0 spiro atoms. The molecule has 2 aromatic rings. The lowest BCUT2D eigenvalue weighted by atomic mass is 10.1. The highest BCUT2D eigenvalue weighted by molar-refractivity contribution is 5.48. The summed E-state index contributed by atoms with van der Waals surface area (Å²) in [6.07, 6.45) is -4.73. The number of nitroso groups, excluding NO2 is 1. The summed E-state index contributed by atoms with van der Waals surface area (Å²) in [6, 6.07) is 7.98. The fraction of sp³-hybridized carbons (Fsp3) is 0.231. The molecule has 8 heteroatoms. The summed E-state index contributed by atoms with van der Waals surface area (Å²) in [5, 5.41) is 14.8. The molecule has 0 aliphatic carbocycles. The van der Waals surface area contributed by atoms with Crippen LogP contribution in [-0.2, 0) is 12.7 Å². The summed E-state index contributed by atoms with van der Waals surface area (Å²) in [7, 11) is 0. The van der Waals surface area contributed by atoms with E-state index in [1.165, 1.54) is 31.2 Å². The van der Waals surface area contributed by atoms with Crippen molar-refractivity contribution in [2.24, 2.45) is 5.18 Å². The molecule has 0 N–H and O–H groups in total. The van der Waals surface area contributed by atoms with Crippen LogP contribution in [0.3, 0.4) is 0 Å². The number of alkyl halides is 3. The van der Waals surface area contributed by atoms with Crippen LogP contribution in [0, 0.1) is 23.2 Å². The Morgan fingerprint density at radius 1 is 1.33 bits per heavy atom. The third-order valence-corrected chi connectivity index (χ3v) is 2.87. The van der Waals surface area contributed by atoms with Crippen molar-refractivity contribution >= 4 is 5.69 Å². The summed E-state index contributed by atoms with van der Waals surface area (Å²) in [4.78, 5) is 10.6. The Hall–Kier alpha value is -2.69. The standard InChI is InChI=1S/C13H9F3N4O/c1-8-11(19-21)12(13(14,15)16)20(18-8)7-10-4-2-9(6-17)3-5-10/h2-5H,7H2,1H3. The Morgan fingerprint density at radius 3 is 2.43 bits per heavy atom. The maximum Gasteiger partial charge on any atom is 0.435 e. The van der Waals surface area contributed by atoms with Crippen LogP contribution in [0.15, 0.2) is 29.4 Å². The number of nitriles is 1. The van der Waals surface area contributed by atoms with E-state index in [9.17, 15) is 18.1 Å². The van der Waals surface area contributed by atoms with Crippen molar-refractivity contribution < 1.29 is 13.2 Å². The molecule has 0 aliphatic heterocycles. The highest BCUT2D eigenvalue weighted by Crippen LogP contribution is 2.38. The monoisotopic (exact) mass is 294 g/mol. The minimum absolute atomic E-state index is 0.0778. The number of benzene rings is 1. The van der Waals surface area contributed by atoms with Gasteiger partial charge in [0.25, 0.3) is 0 Å². The van der Waals surface area contributed by atoms with Crippen molar-refractivity contribution in [1.29, 1.82) is 5.26 Å². The molecule has 0 radical (unpaired) electrons. The van der Waals surface area contributed by atoms with E-state index in [2.05, 4.69) is 10.3 Å². The number of halogens is 3. The van der Waals surface area contributed by atoms with E-state index >= 15 is 0 Å². The number of aryl methyl sites for hydroxylation is 1. The van der Waals surface area contributed by atoms with Crippen LogP contribution < -0.4 is 0 Å². The Balaban J connectivity index is 2.44. The van der Waals surface area contributed by atoms with E-state index < -0.39 is 17.6 Å². The van der Waals surface area contributed by atoms with Crippen LogP contribution in [0.1, 0.15) is 22.5 Å². The summed E-state index contributed by atoms with van der Waals surface area (Å²) < 4.78 is 39.8. The highest BCUT2D eigenvalue weighted by Gasteiger charge is 2.40. The maximum atomic E-state index is 13.0. The number of hydrogen-bond acceptors (Lipinski definition) is 4. The first-order chi connectivity index (χ1) is 9.86. The van der Waals surface area contributed by atoms with Gasteiger partial charge in [-0.25, -0.2) is 0 Å². The van der Waals surface area contributed by atoms with Gasteiger partial charge in [0.15, 0.2) is 11.4 Å². The Labute approximate surface area is 117 Å². The zero-order valence-corrected chi connectivity index (χ0v) is 10.8. The van der Waals surface area contributed by atoms with Gasteiger partial charge >= 0.3 is 6.18 Å². The van der Waals surface area contributed by atoms with Crippen LogP contribution in [0.25, 0.3) is 0 Å². The second kappa shape index (κ2) is 5.36. The molecule has 1 aromatic heterocycles. The number of hydrogen-bond donors (Lipinski definition) is 0. The molecule has 0 amide bonds.